The fourth-order valence-electron chi connectivity index (χ4n) is 3.01. The Morgan fingerprint density at radius 3 is 2.83 bits per heavy atom. The van der Waals surface area contributed by atoms with E-state index in [0.717, 1.165) is 0 Å². The molecule has 1 atom stereocenters. The first kappa shape index (κ1) is 19.7. The van der Waals surface area contributed by atoms with Crippen LogP contribution >= 0.6 is 0 Å². The van der Waals surface area contributed by atoms with Gasteiger partial charge in [0.2, 0.25) is 0 Å². The SMILES string of the molecule is CN1C(=O)C(NC(=O)c2cc(O)ccn2)COc2ccc(C#CC3(O)COC3)cc21. The minimum absolute atomic E-state index is 0.0114. The van der Waals surface area contributed by atoms with Crippen molar-refractivity contribution in [3.05, 3.63) is 47.8 Å². The van der Waals surface area contributed by atoms with Crippen molar-refractivity contribution >= 4 is 17.5 Å². The summed E-state index contributed by atoms with van der Waals surface area (Å²) in [5.74, 6) is 5.04. The molecule has 0 spiro atoms. The summed E-state index contributed by atoms with van der Waals surface area (Å²) in [5.41, 5.74) is -0.0531. The molecule has 1 unspecified atom stereocenters. The number of fused-ring (bicyclic) bond motifs is 1. The van der Waals surface area contributed by atoms with Crippen molar-refractivity contribution in [1.29, 1.82) is 0 Å². The maximum Gasteiger partial charge on any atom is 0.270 e. The number of hydrogen-bond acceptors (Lipinski definition) is 7. The molecule has 3 N–H and O–H groups in total. The Kier molecular flexibility index (Phi) is 5.03. The molecule has 2 aliphatic heterocycles. The Balaban J connectivity index is 1.52. The van der Waals surface area contributed by atoms with E-state index in [9.17, 15) is 19.8 Å². The minimum Gasteiger partial charge on any atom is -0.508 e. The highest BCUT2D eigenvalue weighted by Gasteiger charge is 2.34. The van der Waals surface area contributed by atoms with Crippen LogP contribution in [0.3, 0.4) is 0 Å². The maximum atomic E-state index is 12.9. The van der Waals surface area contributed by atoms with Crippen LogP contribution in [0, 0.1) is 11.8 Å². The number of carbonyl (C=O) groups excluding carboxylic acids is 2. The van der Waals surface area contributed by atoms with Gasteiger partial charge < -0.3 is 29.9 Å². The molecule has 1 saturated heterocycles. The predicted molar refractivity (Wildman–Crippen MR) is 105 cm³/mol. The van der Waals surface area contributed by atoms with Gasteiger partial charge in [0.05, 0.1) is 18.9 Å². The molecule has 2 aromatic rings. The van der Waals surface area contributed by atoms with Crippen LogP contribution < -0.4 is 15.0 Å². The van der Waals surface area contributed by atoms with Gasteiger partial charge in [-0.25, -0.2) is 0 Å². The third kappa shape index (κ3) is 3.91. The lowest BCUT2D eigenvalue weighted by molar-refractivity contribution is -0.140. The molecule has 1 aromatic heterocycles. The Morgan fingerprint density at radius 2 is 2.13 bits per heavy atom. The molecule has 30 heavy (non-hydrogen) atoms. The second-order valence-electron chi connectivity index (χ2n) is 7.09. The summed E-state index contributed by atoms with van der Waals surface area (Å²) < 4.78 is 10.7. The highest BCUT2D eigenvalue weighted by atomic mass is 16.5. The number of pyridine rings is 1. The van der Waals surface area contributed by atoms with Crippen LogP contribution in [0.5, 0.6) is 11.5 Å². The van der Waals surface area contributed by atoms with E-state index >= 15 is 0 Å². The van der Waals surface area contributed by atoms with E-state index in [0.29, 0.717) is 17.0 Å². The zero-order chi connectivity index (χ0) is 21.3. The zero-order valence-electron chi connectivity index (χ0n) is 16.1. The lowest BCUT2D eigenvalue weighted by Crippen LogP contribution is -2.49. The number of likely N-dealkylation sites (N-methyl/N-ethyl adjacent to an activating group) is 1. The number of rotatable bonds is 2. The number of anilines is 1. The second kappa shape index (κ2) is 7.67. The molecule has 3 heterocycles. The van der Waals surface area contributed by atoms with Crippen molar-refractivity contribution in [2.24, 2.45) is 0 Å². The van der Waals surface area contributed by atoms with Crippen LogP contribution in [0.1, 0.15) is 16.1 Å². The topological polar surface area (TPSA) is 121 Å². The maximum absolute atomic E-state index is 12.9. The number of ether oxygens (including phenoxy) is 2. The number of nitrogens with one attached hydrogen (secondary N) is 1. The molecule has 4 rings (SSSR count). The lowest BCUT2D eigenvalue weighted by atomic mass is 10.0. The van der Waals surface area contributed by atoms with Crippen molar-refractivity contribution in [2.45, 2.75) is 11.6 Å². The van der Waals surface area contributed by atoms with Gasteiger partial charge in [-0.15, -0.1) is 0 Å². The van der Waals surface area contributed by atoms with Crippen LogP contribution in [0.15, 0.2) is 36.5 Å². The summed E-state index contributed by atoms with van der Waals surface area (Å²) in [6.07, 6.45) is 1.30. The summed E-state index contributed by atoms with van der Waals surface area (Å²) in [6.45, 7) is 0.270. The van der Waals surface area contributed by atoms with Gasteiger partial charge in [0.25, 0.3) is 11.8 Å². The third-order valence-electron chi connectivity index (χ3n) is 4.76. The number of aromatic nitrogens is 1. The molecule has 0 radical (unpaired) electrons. The first-order valence-corrected chi connectivity index (χ1v) is 9.18. The Labute approximate surface area is 172 Å². The predicted octanol–water partition coefficient (Wildman–Crippen LogP) is 0.0538. The van der Waals surface area contributed by atoms with E-state index in [1.165, 1.54) is 23.2 Å². The van der Waals surface area contributed by atoms with Crippen LogP contribution in [-0.4, -0.2) is 65.5 Å². The smallest absolute Gasteiger partial charge is 0.270 e. The number of hydrogen-bond donors (Lipinski definition) is 3. The monoisotopic (exact) mass is 409 g/mol. The van der Waals surface area contributed by atoms with Crippen molar-refractivity contribution in [3.8, 4) is 23.3 Å². The number of aromatic hydroxyl groups is 1. The van der Waals surface area contributed by atoms with E-state index in [1.807, 2.05) is 0 Å². The molecular weight excluding hydrogens is 390 g/mol. The minimum atomic E-state index is -1.14. The summed E-state index contributed by atoms with van der Waals surface area (Å²) >= 11 is 0. The van der Waals surface area contributed by atoms with E-state index in [1.54, 1.807) is 25.2 Å². The summed E-state index contributed by atoms with van der Waals surface area (Å²) in [5, 5.41) is 22.1. The molecule has 154 valence electrons. The van der Waals surface area contributed by atoms with Crippen LogP contribution in [-0.2, 0) is 9.53 Å². The second-order valence-corrected chi connectivity index (χ2v) is 7.09. The van der Waals surface area contributed by atoms with Crippen molar-refractivity contribution in [2.75, 3.05) is 31.8 Å². The average Bonchev–Trinajstić information content (AvgIpc) is 2.83. The van der Waals surface area contributed by atoms with E-state index in [2.05, 4.69) is 22.1 Å². The highest BCUT2D eigenvalue weighted by Crippen LogP contribution is 2.31. The molecule has 9 nitrogen and oxygen atoms in total. The highest BCUT2D eigenvalue weighted by molar-refractivity contribution is 6.03. The van der Waals surface area contributed by atoms with Crippen LogP contribution in [0.25, 0.3) is 0 Å². The summed E-state index contributed by atoms with van der Waals surface area (Å²) in [4.78, 5) is 30.6. The van der Waals surface area contributed by atoms with Crippen LogP contribution in [0.4, 0.5) is 5.69 Å². The van der Waals surface area contributed by atoms with Crippen molar-refractivity contribution in [3.63, 3.8) is 0 Å². The lowest BCUT2D eigenvalue weighted by Gasteiger charge is -2.30. The fourth-order valence-corrected chi connectivity index (χ4v) is 3.01. The van der Waals surface area contributed by atoms with E-state index < -0.39 is 17.6 Å². The van der Waals surface area contributed by atoms with E-state index in [4.69, 9.17) is 9.47 Å². The molecular formula is C21H19N3O6. The van der Waals surface area contributed by atoms with Gasteiger partial charge in [0.1, 0.15) is 29.8 Å². The first-order chi connectivity index (χ1) is 14.3. The number of nitrogens with zero attached hydrogens (tertiary/aromatic N) is 2. The van der Waals surface area contributed by atoms with Gasteiger partial charge in [-0.3, -0.25) is 14.6 Å². The largest absolute Gasteiger partial charge is 0.508 e. The van der Waals surface area contributed by atoms with Gasteiger partial charge >= 0.3 is 0 Å². The summed E-state index contributed by atoms with van der Waals surface area (Å²) in [6, 6.07) is 6.71. The van der Waals surface area contributed by atoms with Gasteiger partial charge in [0, 0.05) is 24.9 Å². The molecule has 0 saturated carbocycles. The molecule has 0 aliphatic carbocycles. The van der Waals surface area contributed by atoms with E-state index in [-0.39, 0.29) is 37.2 Å². The van der Waals surface area contributed by atoms with Gasteiger partial charge in [-0.1, -0.05) is 11.8 Å². The molecule has 1 fully saturated rings. The normalized spacial score (nSPS) is 19.3. The van der Waals surface area contributed by atoms with Gasteiger partial charge in [-0.05, 0) is 24.3 Å². The Bertz CT molecular complexity index is 1070. The molecule has 0 bridgehead atoms. The third-order valence-corrected chi connectivity index (χ3v) is 4.76. The average molecular weight is 409 g/mol. The van der Waals surface area contributed by atoms with Gasteiger partial charge in [-0.2, -0.15) is 0 Å². The van der Waals surface area contributed by atoms with Gasteiger partial charge in [0.15, 0.2) is 5.60 Å². The van der Waals surface area contributed by atoms with Crippen molar-refractivity contribution in [1.82, 2.24) is 10.3 Å². The summed E-state index contributed by atoms with van der Waals surface area (Å²) in [7, 11) is 1.58. The number of amides is 2. The fraction of sp³-hybridized carbons (Fsp3) is 0.286. The Morgan fingerprint density at radius 1 is 1.33 bits per heavy atom. The molecule has 1 aromatic carbocycles. The number of benzene rings is 1. The van der Waals surface area contributed by atoms with Crippen molar-refractivity contribution < 1.29 is 29.3 Å². The first-order valence-electron chi connectivity index (χ1n) is 9.18. The molecule has 2 aliphatic rings. The standard InChI is InChI=1S/C21H19N3O6/c1-24-17-8-13(4-6-21(28)11-29-12-21)2-3-18(17)30-10-16(20(24)27)23-19(26)15-9-14(25)5-7-22-15/h2-3,5,7-9,16,28H,10-12H2,1H3,(H,22,25)(H,23,26). The Hall–Kier alpha value is -3.61. The molecule has 9 heteroatoms. The number of aliphatic hydroxyl groups is 1. The van der Waals surface area contributed by atoms with Crippen LogP contribution in [0.2, 0.25) is 0 Å². The quantitative estimate of drug-likeness (QED) is 0.600. The zero-order valence-corrected chi connectivity index (χ0v) is 16.1. The number of carbonyl (C=O) groups is 2. The molecule has 2 amide bonds.